The third-order valence-corrected chi connectivity index (χ3v) is 4.16. The second-order valence-corrected chi connectivity index (χ2v) is 5.68. The van der Waals surface area contributed by atoms with Crippen LogP contribution in [0.1, 0.15) is 48.1 Å². The van der Waals surface area contributed by atoms with Crippen LogP contribution in [0.3, 0.4) is 0 Å². The number of aromatic nitrogens is 1. The highest BCUT2D eigenvalue weighted by Gasteiger charge is 2.43. The Morgan fingerprint density at radius 3 is 2.79 bits per heavy atom. The number of oxazole rings is 1. The van der Waals surface area contributed by atoms with Crippen molar-refractivity contribution in [3.05, 3.63) is 53.7 Å². The fourth-order valence-corrected chi connectivity index (χ4v) is 2.79. The predicted molar refractivity (Wildman–Crippen MR) is 72.9 cm³/mol. The SMILES string of the molecule is c1ccc(C2CC2c2ocnc2CNC2CC2)cc1. The highest BCUT2D eigenvalue weighted by Crippen LogP contribution is 2.55. The Balaban J connectivity index is 1.47. The van der Waals surface area contributed by atoms with Crippen molar-refractivity contribution in [1.29, 1.82) is 0 Å². The van der Waals surface area contributed by atoms with E-state index in [4.69, 9.17) is 4.42 Å². The van der Waals surface area contributed by atoms with Gasteiger partial charge in [0.1, 0.15) is 5.76 Å². The summed E-state index contributed by atoms with van der Waals surface area (Å²) in [5.74, 6) is 2.25. The van der Waals surface area contributed by atoms with Crippen LogP contribution in [-0.2, 0) is 6.54 Å². The summed E-state index contributed by atoms with van der Waals surface area (Å²) < 4.78 is 5.64. The Labute approximate surface area is 113 Å². The molecule has 2 aliphatic carbocycles. The minimum atomic E-state index is 0.529. The summed E-state index contributed by atoms with van der Waals surface area (Å²) in [6.07, 6.45) is 5.40. The monoisotopic (exact) mass is 254 g/mol. The molecule has 3 nitrogen and oxygen atoms in total. The average molecular weight is 254 g/mol. The molecule has 19 heavy (non-hydrogen) atoms. The third kappa shape index (κ3) is 2.30. The number of nitrogens with one attached hydrogen (secondary N) is 1. The van der Waals surface area contributed by atoms with Crippen LogP contribution >= 0.6 is 0 Å². The van der Waals surface area contributed by atoms with E-state index in [2.05, 4.69) is 40.6 Å². The zero-order valence-corrected chi connectivity index (χ0v) is 10.9. The molecule has 0 radical (unpaired) electrons. The normalized spacial score (nSPS) is 25.5. The highest BCUT2D eigenvalue weighted by molar-refractivity contribution is 5.33. The number of hydrogen-bond donors (Lipinski definition) is 1. The standard InChI is InChI=1S/C16H18N2O/c1-2-4-11(5-3-1)13-8-14(13)16-15(18-10-19-16)9-17-12-6-7-12/h1-5,10,12-14,17H,6-9H2. The topological polar surface area (TPSA) is 38.1 Å². The Kier molecular flexibility index (Phi) is 2.66. The summed E-state index contributed by atoms with van der Waals surface area (Å²) in [4.78, 5) is 4.38. The first-order valence-electron chi connectivity index (χ1n) is 7.12. The summed E-state index contributed by atoms with van der Waals surface area (Å²) >= 11 is 0. The van der Waals surface area contributed by atoms with E-state index in [0.717, 1.165) is 18.0 Å². The van der Waals surface area contributed by atoms with Gasteiger partial charge in [0.25, 0.3) is 0 Å². The average Bonchev–Trinajstić information content (AvgIpc) is 3.37. The van der Waals surface area contributed by atoms with E-state index in [1.165, 1.54) is 24.8 Å². The molecule has 1 N–H and O–H groups in total. The maximum absolute atomic E-state index is 5.64. The van der Waals surface area contributed by atoms with E-state index < -0.39 is 0 Å². The van der Waals surface area contributed by atoms with Gasteiger partial charge in [0.05, 0.1) is 5.69 Å². The van der Waals surface area contributed by atoms with Gasteiger partial charge >= 0.3 is 0 Å². The fourth-order valence-electron chi connectivity index (χ4n) is 2.79. The second-order valence-electron chi connectivity index (χ2n) is 5.68. The van der Waals surface area contributed by atoms with Crippen LogP contribution < -0.4 is 5.32 Å². The molecule has 0 spiro atoms. The van der Waals surface area contributed by atoms with Gasteiger partial charge in [0.2, 0.25) is 0 Å². The molecule has 2 saturated carbocycles. The van der Waals surface area contributed by atoms with Crippen molar-refractivity contribution in [3.8, 4) is 0 Å². The lowest BCUT2D eigenvalue weighted by Crippen LogP contribution is -2.16. The van der Waals surface area contributed by atoms with Crippen LogP contribution in [0.5, 0.6) is 0 Å². The van der Waals surface area contributed by atoms with Crippen molar-refractivity contribution >= 4 is 0 Å². The third-order valence-electron chi connectivity index (χ3n) is 4.16. The molecule has 4 rings (SSSR count). The molecular weight excluding hydrogens is 236 g/mol. The number of hydrogen-bond acceptors (Lipinski definition) is 3. The van der Waals surface area contributed by atoms with E-state index in [1.54, 1.807) is 6.39 Å². The van der Waals surface area contributed by atoms with Gasteiger partial charge < -0.3 is 9.73 Å². The van der Waals surface area contributed by atoms with E-state index in [9.17, 15) is 0 Å². The Morgan fingerprint density at radius 1 is 1.16 bits per heavy atom. The van der Waals surface area contributed by atoms with E-state index in [-0.39, 0.29) is 0 Å². The van der Waals surface area contributed by atoms with Crippen LogP contribution in [0.15, 0.2) is 41.1 Å². The lowest BCUT2D eigenvalue weighted by Gasteiger charge is -2.02. The van der Waals surface area contributed by atoms with Crippen LogP contribution in [0.4, 0.5) is 0 Å². The van der Waals surface area contributed by atoms with Crippen molar-refractivity contribution < 1.29 is 4.42 Å². The zero-order chi connectivity index (χ0) is 12.7. The minimum absolute atomic E-state index is 0.529. The largest absolute Gasteiger partial charge is 0.448 e. The highest BCUT2D eigenvalue weighted by atomic mass is 16.3. The molecule has 0 bridgehead atoms. The first kappa shape index (κ1) is 11.2. The van der Waals surface area contributed by atoms with Gasteiger partial charge in [-0.3, -0.25) is 0 Å². The Bertz CT molecular complexity index is 559. The number of nitrogens with zero attached hydrogens (tertiary/aromatic N) is 1. The van der Waals surface area contributed by atoms with Gasteiger partial charge in [-0.15, -0.1) is 0 Å². The fraction of sp³-hybridized carbons (Fsp3) is 0.438. The van der Waals surface area contributed by atoms with E-state index in [1.807, 2.05) is 0 Å². The molecular formula is C16H18N2O. The molecule has 3 heteroatoms. The van der Waals surface area contributed by atoms with Crippen molar-refractivity contribution in [2.75, 3.05) is 0 Å². The van der Waals surface area contributed by atoms with Crippen LogP contribution in [0.2, 0.25) is 0 Å². The first-order valence-corrected chi connectivity index (χ1v) is 7.12. The van der Waals surface area contributed by atoms with Crippen molar-refractivity contribution in [2.24, 2.45) is 0 Å². The van der Waals surface area contributed by atoms with Crippen molar-refractivity contribution in [2.45, 2.75) is 43.7 Å². The first-order chi connectivity index (χ1) is 9.42. The molecule has 0 aliphatic heterocycles. The zero-order valence-electron chi connectivity index (χ0n) is 10.9. The molecule has 1 aromatic carbocycles. The Morgan fingerprint density at radius 2 is 2.00 bits per heavy atom. The number of rotatable bonds is 5. The molecule has 2 unspecified atom stereocenters. The maximum atomic E-state index is 5.64. The summed E-state index contributed by atoms with van der Waals surface area (Å²) in [5, 5.41) is 3.51. The number of benzene rings is 1. The van der Waals surface area contributed by atoms with Gasteiger partial charge in [-0.25, -0.2) is 4.98 Å². The van der Waals surface area contributed by atoms with Gasteiger partial charge in [-0.1, -0.05) is 30.3 Å². The van der Waals surface area contributed by atoms with Gasteiger partial charge in [-0.2, -0.15) is 0 Å². The molecule has 1 heterocycles. The van der Waals surface area contributed by atoms with Crippen LogP contribution in [-0.4, -0.2) is 11.0 Å². The van der Waals surface area contributed by atoms with Gasteiger partial charge in [0, 0.05) is 18.5 Å². The maximum Gasteiger partial charge on any atom is 0.181 e. The molecule has 1 aromatic heterocycles. The van der Waals surface area contributed by atoms with Crippen LogP contribution in [0, 0.1) is 0 Å². The predicted octanol–water partition coefficient (Wildman–Crippen LogP) is 3.20. The second kappa shape index (κ2) is 4.49. The van der Waals surface area contributed by atoms with Crippen LogP contribution in [0.25, 0.3) is 0 Å². The van der Waals surface area contributed by atoms with Gasteiger partial charge in [0.15, 0.2) is 6.39 Å². The van der Waals surface area contributed by atoms with Gasteiger partial charge in [-0.05, 0) is 30.7 Å². The van der Waals surface area contributed by atoms with E-state index in [0.29, 0.717) is 17.9 Å². The molecule has 0 saturated heterocycles. The quantitative estimate of drug-likeness (QED) is 0.890. The smallest absolute Gasteiger partial charge is 0.181 e. The molecule has 0 amide bonds. The summed E-state index contributed by atoms with van der Waals surface area (Å²) in [6.45, 7) is 0.856. The Hall–Kier alpha value is -1.61. The minimum Gasteiger partial charge on any atom is -0.448 e. The summed E-state index contributed by atoms with van der Waals surface area (Å²) in [7, 11) is 0. The lowest BCUT2D eigenvalue weighted by molar-refractivity contribution is 0.498. The van der Waals surface area contributed by atoms with Crippen molar-refractivity contribution in [3.63, 3.8) is 0 Å². The molecule has 2 atom stereocenters. The lowest BCUT2D eigenvalue weighted by atomic mass is 10.1. The summed E-state index contributed by atoms with van der Waals surface area (Å²) in [5.41, 5.74) is 2.53. The summed E-state index contributed by atoms with van der Waals surface area (Å²) in [6, 6.07) is 11.4. The molecule has 2 aromatic rings. The van der Waals surface area contributed by atoms with E-state index >= 15 is 0 Å². The molecule has 98 valence electrons. The molecule has 2 aliphatic rings. The van der Waals surface area contributed by atoms with Crippen molar-refractivity contribution in [1.82, 2.24) is 10.3 Å². The molecule has 2 fully saturated rings.